The molecule has 6 heteroatoms. The van der Waals surface area contributed by atoms with E-state index in [2.05, 4.69) is 4.98 Å². The Morgan fingerprint density at radius 3 is 2.71 bits per heavy atom. The highest BCUT2D eigenvalue weighted by atomic mass is 16.4. The number of aliphatic carboxylic acids is 1. The second-order valence-electron chi connectivity index (χ2n) is 3.64. The topological polar surface area (TPSA) is 96.5 Å². The first-order valence-electron chi connectivity index (χ1n) is 5.18. The fraction of sp³-hybridized carbons (Fsp3) is 0.364. The van der Waals surface area contributed by atoms with Gasteiger partial charge in [-0.25, -0.2) is 9.78 Å². The number of carbonyl (C=O) groups excluding carboxylic acids is 1. The lowest BCUT2D eigenvalue weighted by atomic mass is 10.2. The van der Waals surface area contributed by atoms with E-state index in [4.69, 9.17) is 10.8 Å². The number of likely N-dealkylation sites (N-methyl/N-ethyl adjacent to an activating group) is 1. The molecule has 0 spiro atoms. The second kappa shape index (κ2) is 5.29. The van der Waals surface area contributed by atoms with E-state index in [0.717, 1.165) is 0 Å². The number of primary amides is 1. The van der Waals surface area contributed by atoms with Crippen molar-refractivity contribution in [3.8, 4) is 0 Å². The van der Waals surface area contributed by atoms with E-state index in [1.54, 1.807) is 14.0 Å². The zero-order valence-electron chi connectivity index (χ0n) is 9.75. The van der Waals surface area contributed by atoms with E-state index in [1.165, 1.54) is 23.2 Å². The molecule has 1 aromatic rings. The predicted molar refractivity (Wildman–Crippen MR) is 62.9 cm³/mol. The normalized spacial score (nSPS) is 11.9. The Bertz CT molecular complexity index is 434. The number of nitrogens with zero attached hydrogens (tertiary/aromatic N) is 2. The van der Waals surface area contributed by atoms with Crippen LogP contribution in [0.1, 0.15) is 23.7 Å². The average Bonchev–Trinajstić information content (AvgIpc) is 2.29. The van der Waals surface area contributed by atoms with Crippen LogP contribution in [0.5, 0.6) is 0 Å². The van der Waals surface area contributed by atoms with Crippen LogP contribution < -0.4 is 10.6 Å². The van der Waals surface area contributed by atoms with Crippen LogP contribution in [0.3, 0.4) is 0 Å². The number of amides is 1. The molecule has 0 saturated carbocycles. The number of hydrogen-bond acceptors (Lipinski definition) is 4. The number of rotatable bonds is 5. The van der Waals surface area contributed by atoms with Crippen molar-refractivity contribution in [3.63, 3.8) is 0 Å². The monoisotopic (exact) mass is 237 g/mol. The lowest BCUT2D eigenvalue weighted by Crippen LogP contribution is -2.38. The average molecular weight is 237 g/mol. The van der Waals surface area contributed by atoms with E-state index in [-0.39, 0.29) is 0 Å². The van der Waals surface area contributed by atoms with Crippen LogP contribution in [0.25, 0.3) is 0 Å². The molecule has 0 bridgehead atoms. The number of aromatic nitrogens is 1. The lowest BCUT2D eigenvalue weighted by Gasteiger charge is -2.24. The fourth-order valence-corrected chi connectivity index (χ4v) is 1.54. The SMILES string of the molecule is CCC(C(=O)O)N(C)c1cc(C(N)=O)ccn1. The van der Waals surface area contributed by atoms with Gasteiger partial charge in [-0.05, 0) is 18.6 Å². The fourth-order valence-electron chi connectivity index (χ4n) is 1.54. The van der Waals surface area contributed by atoms with Crippen molar-refractivity contribution in [1.29, 1.82) is 0 Å². The Morgan fingerprint density at radius 1 is 1.59 bits per heavy atom. The number of anilines is 1. The molecule has 0 aliphatic heterocycles. The molecule has 1 aromatic heterocycles. The number of carbonyl (C=O) groups is 2. The molecule has 0 aliphatic rings. The molecule has 3 N–H and O–H groups in total. The Labute approximate surface area is 99.1 Å². The maximum absolute atomic E-state index is 11.0. The quantitative estimate of drug-likeness (QED) is 0.776. The molecular formula is C11H15N3O3. The van der Waals surface area contributed by atoms with Crippen molar-refractivity contribution in [1.82, 2.24) is 4.98 Å². The van der Waals surface area contributed by atoms with E-state index < -0.39 is 17.9 Å². The van der Waals surface area contributed by atoms with Gasteiger partial charge in [0.1, 0.15) is 11.9 Å². The summed E-state index contributed by atoms with van der Waals surface area (Å²) in [7, 11) is 1.62. The van der Waals surface area contributed by atoms with Gasteiger partial charge in [0.15, 0.2) is 0 Å². The first-order chi connectivity index (χ1) is 7.97. The van der Waals surface area contributed by atoms with Gasteiger partial charge >= 0.3 is 5.97 Å². The summed E-state index contributed by atoms with van der Waals surface area (Å²) in [5.41, 5.74) is 5.46. The van der Waals surface area contributed by atoms with Gasteiger partial charge in [0, 0.05) is 18.8 Å². The maximum atomic E-state index is 11.0. The molecule has 0 radical (unpaired) electrons. The van der Waals surface area contributed by atoms with Gasteiger partial charge in [-0.15, -0.1) is 0 Å². The highest BCUT2D eigenvalue weighted by molar-refractivity contribution is 5.93. The Balaban J connectivity index is 3.02. The lowest BCUT2D eigenvalue weighted by molar-refractivity contribution is -0.138. The van der Waals surface area contributed by atoms with Gasteiger partial charge < -0.3 is 15.7 Å². The van der Waals surface area contributed by atoms with Crippen LogP contribution in [-0.4, -0.2) is 35.1 Å². The molecule has 1 atom stereocenters. The summed E-state index contributed by atoms with van der Waals surface area (Å²) >= 11 is 0. The van der Waals surface area contributed by atoms with E-state index in [9.17, 15) is 9.59 Å². The zero-order valence-corrected chi connectivity index (χ0v) is 9.75. The van der Waals surface area contributed by atoms with Gasteiger partial charge in [0.25, 0.3) is 0 Å². The predicted octanol–water partition coefficient (Wildman–Crippen LogP) is 0.480. The third-order valence-electron chi connectivity index (χ3n) is 2.53. The molecule has 92 valence electrons. The highest BCUT2D eigenvalue weighted by Crippen LogP contribution is 2.15. The molecule has 0 fully saturated rings. The number of pyridine rings is 1. The van der Waals surface area contributed by atoms with Gasteiger partial charge in [-0.1, -0.05) is 6.92 Å². The van der Waals surface area contributed by atoms with Crippen LogP contribution in [0.15, 0.2) is 18.3 Å². The molecule has 6 nitrogen and oxygen atoms in total. The Morgan fingerprint density at radius 2 is 2.24 bits per heavy atom. The van der Waals surface area contributed by atoms with Crippen molar-refractivity contribution in [3.05, 3.63) is 23.9 Å². The largest absolute Gasteiger partial charge is 0.480 e. The third kappa shape index (κ3) is 2.93. The van der Waals surface area contributed by atoms with Crippen molar-refractivity contribution in [2.24, 2.45) is 5.73 Å². The van der Waals surface area contributed by atoms with Crippen LogP contribution in [-0.2, 0) is 4.79 Å². The Kier molecular flexibility index (Phi) is 4.03. The standard InChI is InChI=1S/C11H15N3O3/c1-3-8(11(16)17)14(2)9-6-7(10(12)15)4-5-13-9/h4-6,8H,3H2,1-2H3,(H2,12,15)(H,16,17). The first kappa shape index (κ1) is 13.0. The summed E-state index contributed by atoms with van der Waals surface area (Å²) in [5.74, 6) is -1.08. The maximum Gasteiger partial charge on any atom is 0.326 e. The zero-order chi connectivity index (χ0) is 13.0. The Hall–Kier alpha value is -2.11. The number of hydrogen-bond donors (Lipinski definition) is 2. The first-order valence-corrected chi connectivity index (χ1v) is 5.18. The minimum absolute atomic E-state index is 0.307. The van der Waals surface area contributed by atoms with Crippen molar-refractivity contribution in [2.75, 3.05) is 11.9 Å². The van der Waals surface area contributed by atoms with Crippen LogP contribution in [0, 0.1) is 0 Å². The molecule has 0 aliphatic carbocycles. The van der Waals surface area contributed by atoms with Gasteiger partial charge in [-0.3, -0.25) is 4.79 Å². The minimum Gasteiger partial charge on any atom is -0.480 e. The smallest absolute Gasteiger partial charge is 0.326 e. The summed E-state index contributed by atoms with van der Waals surface area (Å²) in [6.45, 7) is 1.77. The second-order valence-corrected chi connectivity index (χ2v) is 3.64. The highest BCUT2D eigenvalue weighted by Gasteiger charge is 2.21. The minimum atomic E-state index is -0.929. The summed E-state index contributed by atoms with van der Waals surface area (Å²) in [4.78, 5) is 27.5. The summed E-state index contributed by atoms with van der Waals surface area (Å²) in [6, 6.07) is 2.29. The molecule has 1 rings (SSSR count). The van der Waals surface area contributed by atoms with Crippen LogP contribution in [0.4, 0.5) is 5.82 Å². The molecule has 0 saturated heterocycles. The van der Waals surface area contributed by atoms with Gasteiger partial charge in [0.2, 0.25) is 5.91 Å². The van der Waals surface area contributed by atoms with E-state index in [1.807, 2.05) is 0 Å². The number of carboxylic acids is 1. The van der Waals surface area contributed by atoms with Crippen LogP contribution >= 0.6 is 0 Å². The number of nitrogens with two attached hydrogens (primary N) is 1. The molecular weight excluding hydrogens is 222 g/mol. The summed E-state index contributed by atoms with van der Waals surface area (Å²) < 4.78 is 0. The summed E-state index contributed by atoms with van der Waals surface area (Å²) in [6.07, 6.45) is 1.87. The summed E-state index contributed by atoms with van der Waals surface area (Å²) in [5, 5.41) is 9.02. The van der Waals surface area contributed by atoms with Crippen molar-refractivity contribution < 1.29 is 14.7 Å². The van der Waals surface area contributed by atoms with Crippen LogP contribution in [0.2, 0.25) is 0 Å². The van der Waals surface area contributed by atoms with Gasteiger partial charge in [0.05, 0.1) is 0 Å². The van der Waals surface area contributed by atoms with E-state index >= 15 is 0 Å². The van der Waals surface area contributed by atoms with Gasteiger partial charge in [-0.2, -0.15) is 0 Å². The molecule has 1 amide bonds. The molecule has 0 aromatic carbocycles. The molecule has 17 heavy (non-hydrogen) atoms. The molecule has 1 unspecified atom stereocenters. The number of carboxylic acid groups (broad SMARTS) is 1. The molecule has 1 heterocycles. The third-order valence-corrected chi connectivity index (χ3v) is 2.53. The van der Waals surface area contributed by atoms with Crippen molar-refractivity contribution >= 4 is 17.7 Å². The van der Waals surface area contributed by atoms with Crippen molar-refractivity contribution in [2.45, 2.75) is 19.4 Å². The van der Waals surface area contributed by atoms with E-state index in [0.29, 0.717) is 17.8 Å².